The molecule has 27 heavy (non-hydrogen) atoms. The molecule has 0 aliphatic carbocycles. The maximum Gasteiger partial charge on any atom is 0.264 e. The van der Waals surface area contributed by atoms with Gasteiger partial charge in [0.15, 0.2) is 0 Å². The molecular formula is C19H24BrN3O3S. The molecule has 0 spiro atoms. The van der Waals surface area contributed by atoms with Crippen molar-refractivity contribution >= 4 is 37.5 Å². The smallest absolute Gasteiger partial charge is 0.264 e. The summed E-state index contributed by atoms with van der Waals surface area (Å²) in [6, 6.07) is 13.4. The first kappa shape index (κ1) is 21.4. The van der Waals surface area contributed by atoms with Crippen LogP contribution in [0.3, 0.4) is 0 Å². The van der Waals surface area contributed by atoms with E-state index in [-0.39, 0.29) is 17.3 Å². The molecule has 1 N–H and O–H groups in total. The Morgan fingerprint density at radius 3 is 2.19 bits per heavy atom. The van der Waals surface area contributed by atoms with Gasteiger partial charge in [-0.05, 0) is 57.4 Å². The Bertz CT molecular complexity index is 866. The molecule has 1 amide bonds. The summed E-state index contributed by atoms with van der Waals surface area (Å²) in [6.45, 7) is 2.73. The Hall–Kier alpha value is -1.90. The lowest BCUT2D eigenvalue weighted by atomic mass is 10.2. The number of carbonyl (C=O) groups is 1. The summed E-state index contributed by atoms with van der Waals surface area (Å²) in [5.74, 6) is -0.351. The van der Waals surface area contributed by atoms with E-state index in [9.17, 15) is 13.2 Å². The molecule has 0 aliphatic heterocycles. The number of halogens is 1. The van der Waals surface area contributed by atoms with Gasteiger partial charge in [0.25, 0.3) is 10.0 Å². The average molecular weight is 454 g/mol. The monoisotopic (exact) mass is 453 g/mol. The molecule has 6 nitrogen and oxygen atoms in total. The summed E-state index contributed by atoms with van der Waals surface area (Å²) in [7, 11) is -0.0636. The first-order valence-electron chi connectivity index (χ1n) is 8.46. The second kappa shape index (κ2) is 9.34. The SMILES string of the molecule is Cc1ccc(S(=O)(=O)N(CC(=O)NCCN(C)C)c2ccc(Br)cc2)cc1. The summed E-state index contributed by atoms with van der Waals surface area (Å²) >= 11 is 3.34. The standard InChI is InChI=1S/C19H24BrN3O3S/c1-15-4-10-18(11-5-15)27(25,26)23(17-8-6-16(20)7-9-17)14-19(24)21-12-13-22(2)3/h4-11H,12-14H2,1-3H3,(H,21,24). The van der Waals surface area contributed by atoms with Gasteiger partial charge in [0.2, 0.25) is 5.91 Å². The molecule has 0 aliphatic rings. The Kier molecular flexibility index (Phi) is 7.41. The fraction of sp³-hybridized carbons (Fsp3) is 0.316. The molecule has 146 valence electrons. The number of nitrogens with zero attached hydrogens (tertiary/aromatic N) is 2. The second-order valence-corrected chi connectivity index (χ2v) is 9.23. The van der Waals surface area contributed by atoms with E-state index in [1.165, 1.54) is 0 Å². The number of carbonyl (C=O) groups excluding carboxylic acids is 1. The van der Waals surface area contributed by atoms with Crippen molar-refractivity contribution in [3.8, 4) is 0 Å². The highest BCUT2D eigenvalue weighted by Gasteiger charge is 2.27. The van der Waals surface area contributed by atoms with Gasteiger partial charge in [0.05, 0.1) is 10.6 Å². The molecule has 2 aromatic carbocycles. The maximum absolute atomic E-state index is 13.2. The van der Waals surface area contributed by atoms with Crippen LogP contribution in [0.1, 0.15) is 5.56 Å². The third-order valence-corrected chi connectivity index (χ3v) is 6.21. The molecule has 0 bridgehead atoms. The molecule has 2 aromatic rings. The number of aryl methyl sites for hydroxylation is 1. The van der Waals surface area contributed by atoms with E-state index in [0.29, 0.717) is 18.8 Å². The number of rotatable bonds is 8. The van der Waals surface area contributed by atoms with Crippen molar-refractivity contribution in [1.82, 2.24) is 10.2 Å². The van der Waals surface area contributed by atoms with Crippen LogP contribution < -0.4 is 9.62 Å². The summed E-state index contributed by atoms with van der Waals surface area (Å²) in [6.07, 6.45) is 0. The van der Waals surface area contributed by atoms with Crippen LogP contribution in [0, 0.1) is 6.92 Å². The quantitative estimate of drug-likeness (QED) is 0.666. The van der Waals surface area contributed by atoms with Crippen molar-refractivity contribution in [3.05, 3.63) is 58.6 Å². The normalized spacial score (nSPS) is 11.4. The van der Waals surface area contributed by atoms with E-state index in [2.05, 4.69) is 21.2 Å². The van der Waals surface area contributed by atoms with Crippen LogP contribution in [0.15, 0.2) is 57.9 Å². The number of hydrogen-bond donors (Lipinski definition) is 1. The number of hydrogen-bond acceptors (Lipinski definition) is 4. The van der Waals surface area contributed by atoms with Gasteiger partial charge in [-0.25, -0.2) is 8.42 Å². The molecule has 0 unspecified atom stereocenters. The van der Waals surface area contributed by atoms with Crippen molar-refractivity contribution in [2.45, 2.75) is 11.8 Å². The van der Waals surface area contributed by atoms with E-state index in [0.717, 1.165) is 14.3 Å². The third-order valence-electron chi connectivity index (χ3n) is 3.89. The van der Waals surface area contributed by atoms with Gasteiger partial charge in [-0.15, -0.1) is 0 Å². The molecule has 0 saturated carbocycles. The van der Waals surface area contributed by atoms with E-state index < -0.39 is 10.0 Å². The number of anilines is 1. The highest BCUT2D eigenvalue weighted by Crippen LogP contribution is 2.25. The van der Waals surface area contributed by atoms with Crippen LogP contribution in [-0.2, 0) is 14.8 Å². The molecule has 0 atom stereocenters. The van der Waals surface area contributed by atoms with Crippen LogP contribution in [0.4, 0.5) is 5.69 Å². The molecule has 2 rings (SSSR count). The zero-order chi connectivity index (χ0) is 20.0. The molecular weight excluding hydrogens is 430 g/mol. The summed E-state index contributed by atoms with van der Waals surface area (Å²) in [5.41, 5.74) is 1.40. The number of nitrogens with one attached hydrogen (secondary N) is 1. The van der Waals surface area contributed by atoms with Gasteiger partial charge in [0.1, 0.15) is 6.54 Å². The maximum atomic E-state index is 13.2. The highest BCUT2D eigenvalue weighted by molar-refractivity contribution is 9.10. The van der Waals surface area contributed by atoms with Crippen molar-refractivity contribution in [2.24, 2.45) is 0 Å². The van der Waals surface area contributed by atoms with E-state index >= 15 is 0 Å². The Morgan fingerprint density at radius 1 is 1.04 bits per heavy atom. The summed E-state index contributed by atoms with van der Waals surface area (Å²) in [5, 5.41) is 2.76. The van der Waals surface area contributed by atoms with Crippen molar-refractivity contribution in [2.75, 3.05) is 38.0 Å². The van der Waals surface area contributed by atoms with Crippen molar-refractivity contribution in [3.63, 3.8) is 0 Å². The lowest BCUT2D eigenvalue weighted by Crippen LogP contribution is -2.42. The Morgan fingerprint density at radius 2 is 1.63 bits per heavy atom. The van der Waals surface area contributed by atoms with Gasteiger partial charge in [0, 0.05) is 17.6 Å². The number of amides is 1. The molecule has 8 heteroatoms. The van der Waals surface area contributed by atoms with Gasteiger partial charge in [-0.2, -0.15) is 0 Å². The molecule has 0 saturated heterocycles. The summed E-state index contributed by atoms with van der Waals surface area (Å²) in [4.78, 5) is 14.5. The predicted octanol–water partition coefficient (Wildman–Crippen LogP) is 2.63. The number of benzene rings is 2. The minimum atomic E-state index is -3.87. The third kappa shape index (κ3) is 6.05. The molecule has 0 radical (unpaired) electrons. The average Bonchev–Trinajstić information content (AvgIpc) is 2.60. The highest BCUT2D eigenvalue weighted by atomic mass is 79.9. The predicted molar refractivity (Wildman–Crippen MR) is 111 cm³/mol. The minimum absolute atomic E-state index is 0.150. The van der Waals surface area contributed by atoms with Gasteiger partial charge in [-0.1, -0.05) is 33.6 Å². The zero-order valence-corrected chi connectivity index (χ0v) is 18.0. The van der Waals surface area contributed by atoms with Crippen LogP contribution in [0.25, 0.3) is 0 Å². The van der Waals surface area contributed by atoms with Gasteiger partial charge >= 0.3 is 0 Å². The summed E-state index contributed by atoms with van der Waals surface area (Å²) < 4.78 is 28.3. The van der Waals surface area contributed by atoms with Crippen LogP contribution in [0.5, 0.6) is 0 Å². The van der Waals surface area contributed by atoms with Crippen molar-refractivity contribution in [1.29, 1.82) is 0 Å². The topological polar surface area (TPSA) is 69.7 Å². The largest absolute Gasteiger partial charge is 0.353 e. The number of sulfonamides is 1. The zero-order valence-electron chi connectivity index (χ0n) is 15.6. The minimum Gasteiger partial charge on any atom is -0.353 e. The van der Waals surface area contributed by atoms with Crippen LogP contribution >= 0.6 is 15.9 Å². The second-order valence-electron chi connectivity index (χ2n) is 6.45. The first-order valence-corrected chi connectivity index (χ1v) is 10.7. The van der Waals surface area contributed by atoms with Crippen molar-refractivity contribution < 1.29 is 13.2 Å². The Labute approximate surface area is 169 Å². The molecule has 0 aromatic heterocycles. The lowest BCUT2D eigenvalue weighted by Gasteiger charge is -2.24. The lowest BCUT2D eigenvalue weighted by molar-refractivity contribution is -0.119. The Balaban J connectivity index is 2.30. The molecule has 0 fully saturated rings. The first-order chi connectivity index (χ1) is 12.7. The van der Waals surface area contributed by atoms with E-state index in [1.54, 1.807) is 48.5 Å². The van der Waals surface area contributed by atoms with E-state index in [1.807, 2.05) is 25.9 Å². The van der Waals surface area contributed by atoms with Gasteiger partial charge in [-0.3, -0.25) is 9.10 Å². The number of likely N-dealkylation sites (N-methyl/N-ethyl adjacent to an activating group) is 1. The van der Waals surface area contributed by atoms with Gasteiger partial charge < -0.3 is 10.2 Å². The molecule has 0 heterocycles. The van der Waals surface area contributed by atoms with Crippen LogP contribution in [-0.4, -0.2) is 53.0 Å². The fourth-order valence-electron chi connectivity index (χ4n) is 2.37. The van der Waals surface area contributed by atoms with Crippen LogP contribution in [0.2, 0.25) is 0 Å². The van der Waals surface area contributed by atoms with E-state index in [4.69, 9.17) is 0 Å². The fourth-order valence-corrected chi connectivity index (χ4v) is 4.05.